The second-order valence-electron chi connectivity index (χ2n) is 8.40. The van der Waals surface area contributed by atoms with E-state index in [1.165, 1.54) is 0 Å². The Bertz CT molecular complexity index is 767. The van der Waals surface area contributed by atoms with Crippen LogP contribution in [0.3, 0.4) is 0 Å². The summed E-state index contributed by atoms with van der Waals surface area (Å²) in [7, 11) is 0. The molecule has 1 aliphatic rings. The van der Waals surface area contributed by atoms with Crippen molar-refractivity contribution in [3.63, 3.8) is 0 Å². The second-order valence-corrected chi connectivity index (χ2v) is 8.40. The number of nitrogens with zero attached hydrogens (tertiary/aromatic N) is 3. The summed E-state index contributed by atoms with van der Waals surface area (Å²) in [5.41, 5.74) is 1.11. The molecule has 2 aromatic heterocycles. The Morgan fingerprint density at radius 3 is 2.72 bits per heavy atom. The van der Waals surface area contributed by atoms with Gasteiger partial charge in [-0.1, -0.05) is 20.8 Å². The normalized spacial score (nSPS) is 24.4. The van der Waals surface area contributed by atoms with Crippen LogP contribution in [0.1, 0.15) is 62.5 Å². The molecule has 6 nitrogen and oxygen atoms in total. The van der Waals surface area contributed by atoms with E-state index in [2.05, 4.69) is 36.2 Å². The first-order valence-electron chi connectivity index (χ1n) is 9.00. The fraction of sp³-hybridized carbons (Fsp3) is 0.632. The number of carbonyl (C=O) groups excluding carboxylic acids is 1. The quantitative estimate of drug-likeness (QED) is 0.897. The number of aromatic nitrogens is 3. The summed E-state index contributed by atoms with van der Waals surface area (Å²) in [6, 6.07) is 1.78. The highest BCUT2D eigenvalue weighted by Gasteiger charge is 2.37. The summed E-state index contributed by atoms with van der Waals surface area (Å²) >= 11 is 0. The number of hydrogen-bond donors (Lipinski definition) is 2. The molecule has 1 amide bonds. The minimum Gasteiger partial charge on any atom is -0.388 e. The van der Waals surface area contributed by atoms with Gasteiger partial charge in [-0.05, 0) is 50.0 Å². The van der Waals surface area contributed by atoms with Crippen molar-refractivity contribution in [3.05, 3.63) is 29.7 Å². The van der Waals surface area contributed by atoms with E-state index in [-0.39, 0.29) is 17.9 Å². The van der Waals surface area contributed by atoms with E-state index < -0.39 is 5.60 Å². The van der Waals surface area contributed by atoms with Crippen molar-refractivity contribution in [1.29, 1.82) is 0 Å². The molecule has 2 aromatic rings. The fourth-order valence-corrected chi connectivity index (χ4v) is 3.79. The third-order valence-electron chi connectivity index (χ3n) is 5.52. The average molecular weight is 344 g/mol. The molecule has 2 heterocycles. The second kappa shape index (κ2) is 6.41. The van der Waals surface area contributed by atoms with Gasteiger partial charge >= 0.3 is 0 Å². The van der Waals surface area contributed by atoms with E-state index in [4.69, 9.17) is 0 Å². The van der Waals surface area contributed by atoms with Gasteiger partial charge in [-0.15, -0.1) is 0 Å². The SMILES string of the molecule is Cc1nn2cccnc2c1C(=O)NCC1(O)CCC(C(C)(C)C)CC1. The highest BCUT2D eigenvalue weighted by Crippen LogP contribution is 2.41. The first-order valence-corrected chi connectivity index (χ1v) is 9.00. The van der Waals surface area contributed by atoms with E-state index in [0.29, 0.717) is 22.8 Å². The molecule has 0 aromatic carbocycles. The zero-order valence-electron chi connectivity index (χ0n) is 15.5. The molecule has 1 fully saturated rings. The molecule has 6 heteroatoms. The molecule has 1 saturated carbocycles. The van der Waals surface area contributed by atoms with Gasteiger partial charge < -0.3 is 10.4 Å². The predicted octanol–water partition coefficient (Wildman–Crippen LogP) is 2.73. The van der Waals surface area contributed by atoms with Crippen LogP contribution >= 0.6 is 0 Å². The van der Waals surface area contributed by atoms with Crippen molar-refractivity contribution < 1.29 is 9.90 Å². The van der Waals surface area contributed by atoms with Gasteiger partial charge in [0.15, 0.2) is 5.65 Å². The van der Waals surface area contributed by atoms with Crippen molar-refractivity contribution in [2.75, 3.05) is 6.54 Å². The molecule has 0 bridgehead atoms. The summed E-state index contributed by atoms with van der Waals surface area (Å²) in [5, 5.41) is 18.0. The van der Waals surface area contributed by atoms with E-state index in [1.54, 1.807) is 29.9 Å². The van der Waals surface area contributed by atoms with Crippen LogP contribution in [0, 0.1) is 18.3 Å². The molecule has 2 N–H and O–H groups in total. The lowest BCUT2D eigenvalue weighted by Crippen LogP contribution is -2.46. The lowest BCUT2D eigenvalue weighted by atomic mass is 9.68. The van der Waals surface area contributed by atoms with Gasteiger partial charge in [0.25, 0.3) is 5.91 Å². The molecular weight excluding hydrogens is 316 g/mol. The largest absolute Gasteiger partial charge is 0.388 e. The van der Waals surface area contributed by atoms with Crippen molar-refractivity contribution in [2.45, 2.75) is 59.0 Å². The number of aliphatic hydroxyl groups is 1. The molecule has 0 unspecified atom stereocenters. The number of carbonyl (C=O) groups is 1. The Balaban J connectivity index is 1.65. The third-order valence-corrected chi connectivity index (χ3v) is 5.52. The minimum absolute atomic E-state index is 0.224. The fourth-order valence-electron chi connectivity index (χ4n) is 3.79. The number of fused-ring (bicyclic) bond motifs is 1. The smallest absolute Gasteiger partial charge is 0.257 e. The van der Waals surface area contributed by atoms with Gasteiger partial charge in [-0.2, -0.15) is 5.10 Å². The number of aryl methyl sites for hydroxylation is 1. The van der Waals surface area contributed by atoms with Gasteiger partial charge in [0, 0.05) is 18.9 Å². The third kappa shape index (κ3) is 3.68. The molecule has 1 aliphatic carbocycles. The summed E-state index contributed by atoms with van der Waals surface area (Å²) in [6.45, 7) is 8.83. The van der Waals surface area contributed by atoms with Crippen LogP contribution < -0.4 is 5.32 Å². The molecule has 0 radical (unpaired) electrons. The molecule has 0 aliphatic heterocycles. The number of amides is 1. The van der Waals surface area contributed by atoms with Crippen LogP contribution in [0.25, 0.3) is 5.65 Å². The first kappa shape index (κ1) is 17.9. The summed E-state index contributed by atoms with van der Waals surface area (Å²) < 4.78 is 1.60. The maximum Gasteiger partial charge on any atom is 0.257 e. The highest BCUT2D eigenvalue weighted by atomic mass is 16.3. The lowest BCUT2D eigenvalue weighted by molar-refractivity contribution is -0.0228. The Kier molecular flexibility index (Phi) is 4.58. The van der Waals surface area contributed by atoms with Gasteiger partial charge in [0.1, 0.15) is 5.56 Å². The van der Waals surface area contributed by atoms with Crippen LogP contribution in [0.5, 0.6) is 0 Å². The van der Waals surface area contributed by atoms with E-state index in [1.807, 2.05) is 0 Å². The first-order chi connectivity index (χ1) is 11.7. The number of nitrogens with one attached hydrogen (secondary N) is 1. The van der Waals surface area contributed by atoms with Gasteiger partial charge in [-0.25, -0.2) is 9.50 Å². The maximum atomic E-state index is 12.6. The van der Waals surface area contributed by atoms with Gasteiger partial charge in [0.05, 0.1) is 11.3 Å². The predicted molar refractivity (Wildman–Crippen MR) is 96.4 cm³/mol. The highest BCUT2D eigenvalue weighted by molar-refractivity contribution is 6.01. The van der Waals surface area contributed by atoms with Crippen molar-refractivity contribution in [2.24, 2.45) is 11.3 Å². The lowest BCUT2D eigenvalue weighted by Gasteiger charge is -2.41. The maximum absolute atomic E-state index is 12.6. The topological polar surface area (TPSA) is 79.5 Å². The Labute approximate surface area is 148 Å². The molecule has 25 heavy (non-hydrogen) atoms. The molecule has 0 atom stereocenters. The minimum atomic E-state index is -0.818. The van der Waals surface area contributed by atoms with E-state index in [0.717, 1.165) is 25.7 Å². The van der Waals surface area contributed by atoms with Crippen LogP contribution in [-0.4, -0.2) is 37.8 Å². The van der Waals surface area contributed by atoms with Crippen molar-refractivity contribution >= 4 is 11.6 Å². The zero-order valence-corrected chi connectivity index (χ0v) is 15.5. The van der Waals surface area contributed by atoms with Crippen LogP contribution in [-0.2, 0) is 0 Å². The molecule has 3 rings (SSSR count). The van der Waals surface area contributed by atoms with Crippen LogP contribution in [0.4, 0.5) is 0 Å². The van der Waals surface area contributed by atoms with E-state index in [9.17, 15) is 9.90 Å². The van der Waals surface area contributed by atoms with Crippen LogP contribution in [0.2, 0.25) is 0 Å². The monoisotopic (exact) mass is 344 g/mol. The van der Waals surface area contributed by atoms with Gasteiger partial charge in [0.2, 0.25) is 0 Å². The summed E-state index contributed by atoms with van der Waals surface area (Å²) in [4.78, 5) is 16.9. The zero-order chi connectivity index (χ0) is 18.2. The van der Waals surface area contributed by atoms with E-state index >= 15 is 0 Å². The van der Waals surface area contributed by atoms with Crippen molar-refractivity contribution in [1.82, 2.24) is 19.9 Å². The van der Waals surface area contributed by atoms with Crippen LogP contribution in [0.15, 0.2) is 18.5 Å². The summed E-state index contributed by atoms with van der Waals surface area (Å²) in [5.74, 6) is 0.395. The average Bonchev–Trinajstić information content (AvgIpc) is 2.88. The molecule has 0 saturated heterocycles. The Hall–Kier alpha value is -1.95. The molecule has 136 valence electrons. The standard InChI is InChI=1S/C19H28N4O2/c1-13-15(16-20-10-5-11-23(16)22-13)17(24)21-12-19(25)8-6-14(7-9-19)18(2,3)4/h5,10-11,14,25H,6-9,12H2,1-4H3,(H,21,24). The number of rotatable bonds is 3. The summed E-state index contributed by atoms with van der Waals surface area (Å²) in [6.07, 6.45) is 6.85. The molecular formula is C19H28N4O2. The van der Waals surface area contributed by atoms with Crippen molar-refractivity contribution in [3.8, 4) is 0 Å². The Morgan fingerprint density at radius 1 is 1.40 bits per heavy atom. The number of hydrogen-bond acceptors (Lipinski definition) is 4. The molecule has 0 spiro atoms. The Morgan fingerprint density at radius 2 is 2.08 bits per heavy atom. The van der Waals surface area contributed by atoms with Gasteiger partial charge in [-0.3, -0.25) is 4.79 Å².